The molecule has 0 aromatic rings. The predicted molar refractivity (Wildman–Crippen MR) is 36.6 cm³/mol. The molecule has 0 spiro atoms. The lowest BCUT2D eigenvalue weighted by molar-refractivity contribution is -0.206. The van der Waals surface area contributed by atoms with Crippen LogP contribution in [-0.4, -0.2) is 30.7 Å². The molecule has 1 saturated heterocycles. The van der Waals surface area contributed by atoms with Gasteiger partial charge in [-0.3, -0.25) is 0 Å². The lowest BCUT2D eigenvalue weighted by atomic mass is 10.1. The van der Waals surface area contributed by atoms with Crippen LogP contribution in [0.2, 0.25) is 0 Å². The van der Waals surface area contributed by atoms with Crippen molar-refractivity contribution < 1.29 is 14.6 Å². The van der Waals surface area contributed by atoms with Gasteiger partial charge in [-0.15, -0.1) is 0 Å². The number of aliphatic hydroxyl groups is 1. The van der Waals surface area contributed by atoms with Crippen molar-refractivity contribution in [3.63, 3.8) is 0 Å². The van der Waals surface area contributed by atoms with E-state index in [4.69, 9.17) is 9.47 Å². The van der Waals surface area contributed by atoms with Gasteiger partial charge in [0, 0.05) is 13.5 Å². The SMILES string of the molecule is CO[C@H]1CC[C@@H](O)C(C)O1. The second kappa shape index (κ2) is 3.32. The van der Waals surface area contributed by atoms with Crippen LogP contribution in [0.3, 0.4) is 0 Å². The highest BCUT2D eigenvalue weighted by molar-refractivity contribution is 4.70. The Morgan fingerprint density at radius 2 is 2.20 bits per heavy atom. The minimum absolute atomic E-state index is 0.0845. The van der Waals surface area contributed by atoms with Crippen molar-refractivity contribution in [2.24, 2.45) is 0 Å². The van der Waals surface area contributed by atoms with Gasteiger partial charge in [-0.05, 0) is 13.3 Å². The Labute approximate surface area is 60.9 Å². The molecule has 1 aliphatic rings. The van der Waals surface area contributed by atoms with Crippen molar-refractivity contribution in [1.29, 1.82) is 0 Å². The number of aliphatic hydroxyl groups excluding tert-OH is 1. The molecule has 0 aromatic carbocycles. The third-order valence-corrected chi connectivity index (χ3v) is 1.87. The van der Waals surface area contributed by atoms with Crippen LogP contribution in [0.5, 0.6) is 0 Å². The maximum Gasteiger partial charge on any atom is 0.157 e. The van der Waals surface area contributed by atoms with E-state index >= 15 is 0 Å². The van der Waals surface area contributed by atoms with E-state index in [0.29, 0.717) is 0 Å². The van der Waals surface area contributed by atoms with Gasteiger partial charge in [-0.2, -0.15) is 0 Å². The molecule has 1 heterocycles. The lowest BCUT2D eigenvalue weighted by Gasteiger charge is -2.30. The fraction of sp³-hybridized carbons (Fsp3) is 1.00. The smallest absolute Gasteiger partial charge is 0.157 e. The molecule has 60 valence electrons. The van der Waals surface area contributed by atoms with Crippen LogP contribution < -0.4 is 0 Å². The monoisotopic (exact) mass is 146 g/mol. The summed E-state index contributed by atoms with van der Waals surface area (Å²) in [5.74, 6) is 0. The fourth-order valence-corrected chi connectivity index (χ4v) is 1.11. The summed E-state index contributed by atoms with van der Waals surface area (Å²) in [6.45, 7) is 1.86. The van der Waals surface area contributed by atoms with Crippen molar-refractivity contribution in [1.82, 2.24) is 0 Å². The van der Waals surface area contributed by atoms with Gasteiger partial charge in [-0.25, -0.2) is 0 Å². The molecule has 0 saturated carbocycles. The van der Waals surface area contributed by atoms with Gasteiger partial charge < -0.3 is 14.6 Å². The standard InChI is InChI=1S/C7H14O3/c1-5-6(8)3-4-7(9-2)10-5/h5-8H,3-4H2,1-2H3/t5?,6-,7-/m1/s1. The number of rotatable bonds is 1. The van der Waals surface area contributed by atoms with E-state index in [1.54, 1.807) is 7.11 Å². The zero-order valence-corrected chi connectivity index (χ0v) is 6.41. The maximum atomic E-state index is 9.21. The molecule has 1 N–H and O–H groups in total. The summed E-state index contributed by atoms with van der Waals surface area (Å²) < 4.78 is 10.3. The first kappa shape index (κ1) is 7.98. The predicted octanol–water partition coefficient (Wildman–Crippen LogP) is 0.519. The molecular formula is C7H14O3. The van der Waals surface area contributed by atoms with E-state index in [1.807, 2.05) is 6.92 Å². The Morgan fingerprint density at radius 3 is 2.70 bits per heavy atom. The van der Waals surface area contributed by atoms with Crippen LogP contribution >= 0.6 is 0 Å². The zero-order valence-electron chi connectivity index (χ0n) is 6.41. The molecule has 0 aromatic heterocycles. The van der Waals surface area contributed by atoms with Crippen LogP contribution in [0.1, 0.15) is 19.8 Å². The average molecular weight is 146 g/mol. The van der Waals surface area contributed by atoms with E-state index in [9.17, 15) is 5.11 Å². The van der Waals surface area contributed by atoms with Crippen LogP contribution in [0, 0.1) is 0 Å². The summed E-state index contributed by atoms with van der Waals surface area (Å²) in [5.41, 5.74) is 0. The van der Waals surface area contributed by atoms with Gasteiger partial charge in [0.25, 0.3) is 0 Å². The third kappa shape index (κ3) is 1.68. The molecule has 1 aliphatic heterocycles. The molecule has 0 bridgehead atoms. The highest BCUT2D eigenvalue weighted by Crippen LogP contribution is 2.19. The molecule has 3 atom stereocenters. The lowest BCUT2D eigenvalue weighted by Crippen LogP contribution is -2.37. The minimum Gasteiger partial charge on any atom is -0.390 e. The van der Waals surface area contributed by atoms with Gasteiger partial charge >= 0.3 is 0 Å². The summed E-state index contributed by atoms with van der Waals surface area (Å²) in [7, 11) is 1.62. The summed E-state index contributed by atoms with van der Waals surface area (Å²) in [6.07, 6.45) is 1.06. The van der Waals surface area contributed by atoms with Crippen LogP contribution in [0.4, 0.5) is 0 Å². The summed E-state index contributed by atoms with van der Waals surface area (Å²) in [6, 6.07) is 0. The Balaban J connectivity index is 2.33. The Kier molecular flexibility index (Phi) is 2.65. The van der Waals surface area contributed by atoms with E-state index in [2.05, 4.69) is 0 Å². The number of hydrogen-bond donors (Lipinski definition) is 1. The molecule has 1 unspecified atom stereocenters. The molecule has 0 amide bonds. The number of hydrogen-bond acceptors (Lipinski definition) is 3. The fourth-order valence-electron chi connectivity index (χ4n) is 1.11. The molecule has 0 radical (unpaired) electrons. The first-order valence-corrected chi connectivity index (χ1v) is 3.60. The Hall–Kier alpha value is -0.120. The minimum atomic E-state index is -0.314. The topological polar surface area (TPSA) is 38.7 Å². The first-order valence-electron chi connectivity index (χ1n) is 3.60. The third-order valence-electron chi connectivity index (χ3n) is 1.87. The molecular weight excluding hydrogens is 132 g/mol. The first-order chi connectivity index (χ1) is 4.74. The highest BCUT2D eigenvalue weighted by atomic mass is 16.7. The summed E-state index contributed by atoms with van der Waals surface area (Å²) in [4.78, 5) is 0. The van der Waals surface area contributed by atoms with Crippen molar-refractivity contribution in [2.45, 2.75) is 38.3 Å². The van der Waals surface area contributed by atoms with Crippen LogP contribution in [0.25, 0.3) is 0 Å². The average Bonchev–Trinajstić information content (AvgIpc) is 1.95. The van der Waals surface area contributed by atoms with Gasteiger partial charge in [0.15, 0.2) is 6.29 Å². The molecule has 10 heavy (non-hydrogen) atoms. The second-order valence-electron chi connectivity index (χ2n) is 2.65. The molecule has 3 heteroatoms. The van der Waals surface area contributed by atoms with Gasteiger partial charge in [0.2, 0.25) is 0 Å². The van der Waals surface area contributed by atoms with Crippen molar-refractivity contribution in [2.75, 3.05) is 7.11 Å². The van der Waals surface area contributed by atoms with Crippen molar-refractivity contribution in [3.8, 4) is 0 Å². The molecule has 3 nitrogen and oxygen atoms in total. The largest absolute Gasteiger partial charge is 0.390 e. The molecule has 1 fully saturated rings. The zero-order chi connectivity index (χ0) is 7.56. The Morgan fingerprint density at radius 1 is 1.50 bits per heavy atom. The van der Waals surface area contributed by atoms with Crippen LogP contribution in [0.15, 0.2) is 0 Å². The van der Waals surface area contributed by atoms with E-state index in [1.165, 1.54) is 0 Å². The van der Waals surface area contributed by atoms with Crippen molar-refractivity contribution >= 4 is 0 Å². The van der Waals surface area contributed by atoms with E-state index in [0.717, 1.165) is 12.8 Å². The van der Waals surface area contributed by atoms with Crippen molar-refractivity contribution in [3.05, 3.63) is 0 Å². The molecule has 0 aliphatic carbocycles. The number of ether oxygens (including phenoxy) is 2. The quantitative estimate of drug-likeness (QED) is 0.586. The van der Waals surface area contributed by atoms with Crippen LogP contribution in [-0.2, 0) is 9.47 Å². The highest BCUT2D eigenvalue weighted by Gasteiger charge is 2.25. The normalized spacial score (nSPS) is 41.7. The van der Waals surface area contributed by atoms with Gasteiger partial charge in [0.05, 0.1) is 12.2 Å². The van der Waals surface area contributed by atoms with Gasteiger partial charge in [0.1, 0.15) is 0 Å². The Bertz CT molecular complexity index is 105. The maximum absolute atomic E-state index is 9.21. The summed E-state index contributed by atoms with van der Waals surface area (Å²) in [5, 5.41) is 9.21. The van der Waals surface area contributed by atoms with Gasteiger partial charge in [-0.1, -0.05) is 0 Å². The van der Waals surface area contributed by atoms with E-state index in [-0.39, 0.29) is 18.5 Å². The second-order valence-corrected chi connectivity index (χ2v) is 2.65. The number of methoxy groups -OCH3 is 1. The molecule has 1 rings (SSSR count). The van der Waals surface area contributed by atoms with E-state index < -0.39 is 0 Å². The summed E-state index contributed by atoms with van der Waals surface area (Å²) >= 11 is 0.